The van der Waals surface area contributed by atoms with Gasteiger partial charge in [-0.25, -0.2) is 0 Å². The van der Waals surface area contributed by atoms with Gasteiger partial charge in [-0.05, 0) is 23.9 Å². The molecule has 0 bridgehead atoms. The third-order valence-corrected chi connectivity index (χ3v) is 3.95. The van der Waals surface area contributed by atoms with Crippen LogP contribution in [0.2, 0.25) is 0 Å². The van der Waals surface area contributed by atoms with E-state index >= 15 is 0 Å². The van der Waals surface area contributed by atoms with E-state index in [-0.39, 0.29) is 6.04 Å². The van der Waals surface area contributed by atoms with Gasteiger partial charge in [0, 0.05) is 4.70 Å². The number of hydrogen-bond donors (Lipinski definition) is 1. The molecule has 0 aliphatic rings. The molecule has 18 heavy (non-hydrogen) atoms. The maximum Gasteiger partial charge on any atom is 0.268 e. The molecule has 2 N–H and O–H groups in total. The van der Waals surface area contributed by atoms with Gasteiger partial charge in [-0.1, -0.05) is 30.3 Å². The molecular formula is C13H13N3OS. The molecule has 0 saturated carbocycles. The van der Waals surface area contributed by atoms with Crippen molar-refractivity contribution < 1.29 is 4.52 Å². The van der Waals surface area contributed by atoms with Crippen LogP contribution >= 0.6 is 11.3 Å². The van der Waals surface area contributed by atoms with Crippen molar-refractivity contribution in [1.82, 2.24) is 10.1 Å². The van der Waals surface area contributed by atoms with E-state index in [0.29, 0.717) is 11.7 Å². The molecule has 3 aromatic rings. The zero-order chi connectivity index (χ0) is 12.5. The zero-order valence-electron chi connectivity index (χ0n) is 9.96. The number of nitrogens with two attached hydrogens (primary N) is 1. The molecular weight excluding hydrogens is 246 g/mol. The lowest BCUT2D eigenvalue weighted by molar-refractivity contribution is 0.416. The Morgan fingerprint density at radius 2 is 2.22 bits per heavy atom. The summed E-state index contributed by atoms with van der Waals surface area (Å²) in [6.07, 6.45) is 0.797. The van der Waals surface area contributed by atoms with Gasteiger partial charge in [0.15, 0.2) is 5.82 Å². The van der Waals surface area contributed by atoms with Crippen molar-refractivity contribution in [3.05, 3.63) is 36.2 Å². The summed E-state index contributed by atoms with van der Waals surface area (Å²) in [5.41, 5.74) is 5.88. The summed E-state index contributed by atoms with van der Waals surface area (Å²) in [4.78, 5) is 5.34. The van der Waals surface area contributed by atoms with Crippen LogP contribution in [0.25, 0.3) is 20.9 Å². The molecule has 0 radical (unpaired) electrons. The van der Waals surface area contributed by atoms with Crippen LogP contribution in [0.5, 0.6) is 0 Å². The first-order chi connectivity index (χ1) is 8.78. The van der Waals surface area contributed by atoms with Crippen LogP contribution in [0.3, 0.4) is 0 Å². The van der Waals surface area contributed by atoms with Gasteiger partial charge in [0.05, 0.1) is 10.9 Å². The number of thiophene rings is 1. The minimum Gasteiger partial charge on any atom is -0.333 e. The van der Waals surface area contributed by atoms with Gasteiger partial charge in [-0.3, -0.25) is 0 Å². The average Bonchev–Trinajstić information content (AvgIpc) is 3.03. The topological polar surface area (TPSA) is 64.9 Å². The maximum atomic E-state index is 5.88. The Kier molecular flexibility index (Phi) is 2.85. The Morgan fingerprint density at radius 3 is 3.00 bits per heavy atom. The molecule has 1 unspecified atom stereocenters. The van der Waals surface area contributed by atoms with Crippen molar-refractivity contribution in [1.29, 1.82) is 0 Å². The summed E-state index contributed by atoms with van der Waals surface area (Å²) < 4.78 is 6.49. The van der Waals surface area contributed by atoms with E-state index in [2.05, 4.69) is 28.3 Å². The molecule has 92 valence electrons. The Bertz CT molecular complexity index is 640. The van der Waals surface area contributed by atoms with E-state index in [1.54, 1.807) is 11.3 Å². The first-order valence-corrected chi connectivity index (χ1v) is 6.67. The van der Waals surface area contributed by atoms with E-state index in [1.165, 1.54) is 10.1 Å². The van der Waals surface area contributed by atoms with Gasteiger partial charge < -0.3 is 10.3 Å². The normalized spacial score (nSPS) is 13.0. The molecule has 2 heterocycles. The van der Waals surface area contributed by atoms with Crippen molar-refractivity contribution in [2.75, 3.05) is 0 Å². The van der Waals surface area contributed by atoms with Crippen LogP contribution in [0.15, 0.2) is 34.9 Å². The smallest absolute Gasteiger partial charge is 0.268 e. The summed E-state index contributed by atoms with van der Waals surface area (Å²) in [7, 11) is 0. The molecule has 0 fully saturated rings. The first kappa shape index (κ1) is 11.4. The van der Waals surface area contributed by atoms with E-state index in [1.807, 2.05) is 19.1 Å². The molecule has 0 aliphatic carbocycles. The van der Waals surface area contributed by atoms with Gasteiger partial charge in [-0.2, -0.15) is 4.98 Å². The number of benzene rings is 1. The Hall–Kier alpha value is -1.72. The monoisotopic (exact) mass is 259 g/mol. The van der Waals surface area contributed by atoms with Crippen molar-refractivity contribution >= 4 is 21.4 Å². The number of aromatic nitrogens is 2. The van der Waals surface area contributed by atoms with Gasteiger partial charge in [0.25, 0.3) is 5.89 Å². The zero-order valence-corrected chi connectivity index (χ0v) is 10.8. The van der Waals surface area contributed by atoms with Crippen molar-refractivity contribution in [3.63, 3.8) is 0 Å². The number of fused-ring (bicyclic) bond motifs is 1. The summed E-state index contributed by atoms with van der Waals surface area (Å²) in [5.74, 6) is 1.13. The summed E-state index contributed by atoms with van der Waals surface area (Å²) in [6.45, 7) is 2.00. The predicted molar refractivity (Wildman–Crippen MR) is 72.3 cm³/mol. The van der Waals surface area contributed by atoms with Gasteiger partial charge in [0.2, 0.25) is 0 Å². The molecule has 1 atom stereocenters. The average molecular weight is 259 g/mol. The van der Waals surface area contributed by atoms with Gasteiger partial charge in [-0.15, -0.1) is 11.3 Å². The molecule has 2 aromatic heterocycles. The molecule has 1 aromatic carbocycles. The number of hydrogen-bond acceptors (Lipinski definition) is 5. The first-order valence-electron chi connectivity index (χ1n) is 5.86. The lowest BCUT2D eigenvalue weighted by atomic mass is 10.2. The predicted octanol–water partition coefficient (Wildman–Crippen LogP) is 3.36. The van der Waals surface area contributed by atoms with Crippen LogP contribution in [0, 0.1) is 0 Å². The minimum atomic E-state index is -0.156. The molecule has 3 rings (SSSR count). The largest absolute Gasteiger partial charge is 0.333 e. The van der Waals surface area contributed by atoms with E-state index in [4.69, 9.17) is 10.3 Å². The lowest BCUT2D eigenvalue weighted by Crippen LogP contribution is -2.10. The van der Waals surface area contributed by atoms with Crippen molar-refractivity contribution in [2.45, 2.75) is 19.4 Å². The summed E-state index contributed by atoms with van der Waals surface area (Å²) >= 11 is 1.65. The highest BCUT2D eigenvalue weighted by Crippen LogP contribution is 2.32. The molecule has 5 heteroatoms. The second-order valence-electron chi connectivity index (χ2n) is 4.12. The van der Waals surface area contributed by atoms with Crippen molar-refractivity contribution in [2.24, 2.45) is 5.73 Å². The van der Waals surface area contributed by atoms with Gasteiger partial charge >= 0.3 is 0 Å². The fourth-order valence-electron chi connectivity index (χ4n) is 1.76. The van der Waals surface area contributed by atoms with E-state index in [9.17, 15) is 0 Å². The maximum absolute atomic E-state index is 5.88. The lowest BCUT2D eigenvalue weighted by Gasteiger charge is -1.98. The quantitative estimate of drug-likeness (QED) is 0.783. The summed E-state index contributed by atoms with van der Waals surface area (Å²) in [5, 5.41) is 5.12. The molecule has 0 amide bonds. The van der Waals surface area contributed by atoms with Crippen LogP contribution in [0.1, 0.15) is 25.2 Å². The molecule has 0 saturated heterocycles. The van der Waals surface area contributed by atoms with E-state index < -0.39 is 0 Å². The number of nitrogens with zero attached hydrogens (tertiary/aromatic N) is 2. The fraction of sp³-hybridized carbons (Fsp3) is 0.231. The fourth-order valence-corrected chi connectivity index (χ4v) is 2.74. The molecule has 0 aliphatic heterocycles. The Balaban J connectivity index is 2.01. The Morgan fingerprint density at radius 1 is 1.39 bits per heavy atom. The minimum absolute atomic E-state index is 0.156. The summed E-state index contributed by atoms with van der Waals surface area (Å²) in [6, 6.07) is 10.1. The van der Waals surface area contributed by atoms with Crippen LogP contribution in [-0.2, 0) is 0 Å². The third-order valence-electron chi connectivity index (χ3n) is 2.85. The van der Waals surface area contributed by atoms with Crippen LogP contribution < -0.4 is 5.73 Å². The Labute approximate surface area is 108 Å². The SMILES string of the molecule is CCC(N)c1noc(-c2cc3ccccc3s2)n1. The highest BCUT2D eigenvalue weighted by atomic mass is 32.1. The highest BCUT2D eigenvalue weighted by Gasteiger charge is 2.15. The second-order valence-corrected chi connectivity index (χ2v) is 5.20. The van der Waals surface area contributed by atoms with Crippen LogP contribution in [-0.4, -0.2) is 10.1 Å². The number of rotatable bonds is 3. The van der Waals surface area contributed by atoms with Crippen LogP contribution in [0.4, 0.5) is 0 Å². The second kappa shape index (κ2) is 4.51. The van der Waals surface area contributed by atoms with Gasteiger partial charge in [0.1, 0.15) is 0 Å². The molecule has 4 nitrogen and oxygen atoms in total. The molecule has 0 spiro atoms. The standard InChI is InChI=1S/C13H13N3OS/c1-2-9(14)12-15-13(17-16-12)11-7-8-5-3-4-6-10(8)18-11/h3-7,9H,2,14H2,1H3. The van der Waals surface area contributed by atoms with Crippen molar-refractivity contribution in [3.8, 4) is 10.8 Å². The highest BCUT2D eigenvalue weighted by molar-refractivity contribution is 7.22. The van der Waals surface area contributed by atoms with E-state index in [0.717, 1.165) is 11.3 Å². The third kappa shape index (κ3) is 1.91.